The first kappa shape index (κ1) is 41.0. The highest BCUT2D eigenvalue weighted by Gasteiger charge is 2.41. The van der Waals surface area contributed by atoms with E-state index in [-0.39, 0.29) is 70.9 Å². The van der Waals surface area contributed by atoms with E-state index in [0.29, 0.717) is 44.4 Å². The van der Waals surface area contributed by atoms with Gasteiger partial charge in [-0.15, -0.1) is 0 Å². The predicted molar refractivity (Wildman–Crippen MR) is 204 cm³/mol. The number of carbonyl (C=O) groups excluding carboxylic acids is 2. The van der Waals surface area contributed by atoms with Crippen LogP contribution in [0.2, 0.25) is 18.1 Å². The van der Waals surface area contributed by atoms with Gasteiger partial charge in [0.15, 0.2) is 19.8 Å². The molecule has 14 nitrogen and oxygen atoms in total. The van der Waals surface area contributed by atoms with Crippen LogP contribution >= 0.6 is 0 Å². The first-order valence-electron chi connectivity index (χ1n) is 17.8. The van der Waals surface area contributed by atoms with E-state index < -0.39 is 35.7 Å². The average Bonchev–Trinajstić information content (AvgIpc) is 3.67. The maximum Gasteiger partial charge on any atom is 0.286 e. The van der Waals surface area contributed by atoms with Gasteiger partial charge in [0.1, 0.15) is 16.9 Å². The van der Waals surface area contributed by atoms with Crippen molar-refractivity contribution in [3.8, 4) is 17.2 Å². The Labute approximate surface area is 312 Å². The third kappa shape index (κ3) is 9.25. The zero-order chi connectivity index (χ0) is 39.4. The van der Waals surface area contributed by atoms with Gasteiger partial charge >= 0.3 is 0 Å². The molecule has 2 atom stereocenters. The van der Waals surface area contributed by atoms with Crippen molar-refractivity contribution < 1.29 is 38.1 Å². The molecule has 0 saturated carbocycles. The van der Waals surface area contributed by atoms with E-state index in [1.54, 1.807) is 16.7 Å². The molecule has 0 spiro atoms. The summed E-state index contributed by atoms with van der Waals surface area (Å²) < 4.78 is 23.6. The Hall–Kier alpha value is -4.76. The topological polar surface area (TPSA) is 164 Å². The highest BCUT2D eigenvalue weighted by atomic mass is 28.4. The molecule has 0 unspecified atom stereocenters. The summed E-state index contributed by atoms with van der Waals surface area (Å²) in [6.45, 7) is 23.5. The van der Waals surface area contributed by atoms with E-state index in [1.807, 2.05) is 6.92 Å². The van der Waals surface area contributed by atoms with Crippen molar-refractivity contribution in [1.82, 2.24) is 9.80 Å². The van der Waals surface area contributed by atoms with Crippen LogP contribution in [0.1, 0.15) is 79.7 Å². The molecule has 0 bridgehead atoms. The molecule has 2 saturated heterocycles. The summed E-state index contributed by atoms with van der Waals surface area (Å²) in [4.78, 5) is 53.5. The monoisotopic (exact) mass is 752 g/mol. The Morgan fingerprint density at radius 2 is 1.34 bits per heavy atom. The van der Waals surface area contributed by atoms with Gasteiger partial charge in [-0.25, -0.2) is 0 Å². The summed E-state index contributed by atoms with van der Waals surface area (Å²) in [5.41, 5.74) is 1.40. The zero-order valence-electron chi connectivity index (χ0n) is 32.1. The standard InChI is InChI=1S/C38H52N4O10Si/c1-11-27-15-24(2)21-39(27)36(43)29-17-26(4)33(19-31(29)41(45)46)50-13-12-14-51-35-20-32(42(47)48)30(18-34(35)49-8)37(44)40-22-25(3)16-28(40)23-52-53(9,10)38(5,6)7/h17-20,27-28H,2-3,11-16,21-23H2,1,4-10H3/t27-,28+/m1/s1. The lowest BCUT2D eigenvalue weighted by atomic mass is 10.1. The summed E-state index contributed by atoms with van der Waals surface area (Å²) in [7, 11) is -0.738. The summed E-state index contributed by atoms with van der Waals surface area (Å²) in [5.74, 6) is -0.470. The van der Waals surface area contributed by atoms with Gasteiger partial charge in [0.05, 0.1) is 55.0 Å². The molecule has 53 heavy (non-hydrogen) atoms. The number of hydrogen-bond acceptors (Lipinski definition) is 10. The molecule has 2 aromatic rings. The highest BCUT2D eigenvalue weighted by Crippen LogP contribution is 2.39. The number of benzene rings is 2. The number of amides is 2. The van der Waals surface area contributed by atoms with Crippen molar-refractivity contribution in [2.75, 3.05) is 40.0 Å². The number of aryl methyl sites for hydroxylation is 1. The van der Waals surface area contributed by atoms with Crippen LogP contribution in [0.4, 0.5) is 11.4 Å². The second kappa shape index (κ2) is 16.5. The smallest absolute Gasteiger partial charge is 0.286 e. The number of nitrogens with zero attached hydrogens (tertiary/aromatic N) is 4. The molecule has 0 N–H and O–H groups in total. The van der Waals surface area contributed by atoms with E-state index in [2.05, 4.69) is 47.0 Å². The fourth-order valence-electron chi connectivity index (χ4n) is 6.30. The van der Waals surface area contributed by atoms with Crippen LogP contribution in [0.3, 0.4) is 0 Å². The van der Waals surface area contributed by atoms with Crippen LogP contribution in [-0.4, -0.2) is 91.9 Å². The fraction of sp³-hybridized carbons (Fsp3) is 0.526. The Morgan fingerprint density at radius 3 is 1.85 bits per heavy atom. The number of likely N-dealkylation sites (tertiary alicyclic amines) is 2. The van der Waals surface area contributed by atoms with Gasteiger partial charge in [0.2, 0.25) is 0 Å². The molecule has 2 aliphatic rings. The van der Waals surface area contributed by atoms with Gasteiger partial charge in [-0.05, 0) is 55.9 Å². The number of rotatable bonds is 15. The third-order valence-corrected chi connectivity index (χ3v) is 14.9. The number of nitro groups is 2. The number of hydrogen-bond donors (Lipinski definition) is 0. The maximum atomic E-state index is 13.9. The minimum absolute atomic E-state index is 0.00313. The van der Waals surface area contributed by atoms with Crippen LogP contribution in [-0.2, 0) is 4.43 Å². The molecule has 2 aromatic carbocycles. The van der Waals surface area contributed by atoms with E-state index in [0.717, 1.165) is 11.1 Å². The Morgan fingerprint density at radius 1 is 0.849 bits per heavy atom. The molecule has 2 amide bonds. The van der Waals surface area contributed by atoms with Gasteiger partial charge in [-0.3, -0.25) is 29.8 Å². The van der Waals surface area contributed by atoms with Crippen molar-refractivity contribution in [1.29, 1.82) is 0 Å². The minimum atomic E-state index is -2.12. The van der Waals surface area contributed by atoms with E-state index >= 15 is 0 Å². The molecule has 0 radical (unpaired) electrons. The fourth-order valence-corrected chi connectivity index (χ4v) is 7.34. The first-order chi connectivity index (χ1) is 24.8. The van der Waals surface area contributed by atoms with Crippen LogP contribution in [0.5, 0.6) is 17.2 Å². The summed E-state index contributed by atoms with van der Waals surface area (Å²) in [5, 5.41) is 24.2. The van der Waals surface area contributed by atoms with E-state index in [9.17, 15) is 29.8 Å². The largest absolute Gasteiger partial charge is 0.493 e. The van der Waals surface area contributed by atoms with Gasteiger partial charge in [-0.2, -0.15) is 0 Å². The summed E-state index contributed by atoms with van der Waals surface area (Å²) in [6.07, 6.45) is 2.22. The molecule has 4 rings (SSSR count). The summed E-state index contributed by atoms with van der Waals surface area (Å²) in [6, 6.07) is 4.88. The van der Waals surface area contributed by atoms with Crippen LogP contribution in [0.25, 0.3) is 0 Å². The SMILES string of the molecule is C=C1C[C@@H](CC)N(C(=O)c2cc(C)c(OCCCOc3cc([N+](=O)[O-])c(C(=O)N4CC(=C)C[C@H]4CO[Si](C)(C)C(C)(C)C)cc3OC)cc2[N+](=O)[O-])C1. The van der Waals surface area contributed by atoms with Crippen molar-refractivity contribution >= 4 is 31.5 Å². The average molecular weight is 753 g/mol. The minimum Gasteiger partial charge on any atom is -0.493 e. The molecule has 2 aliphatic heterocycles. The van der Waals surface area contributed by atoms with Gasteiger partial charge in [0, 0.05) is 31.6 Å². The molecule has 288 valence electrons. The van der Waals surface area contributed by atoms with Crippen molar-refractivity contribution in [3.05, 3.63) is 85.5 Å². The van der Waals surface area contributed by atoms with E-state index in [1.165, 1.54) is 31.4 Å². The Kier molecular flexibility index (Phi) is 12.8. The Balaban J connectivity index is 1.44. The van der Waals surface area contributed by atoms with Crippen molar-refractivity contribution in [2.45, 2.75) is 90.5 Å². The van der Waals surface area contributed by atoms with Crippen LogP contribution in [0.15, 0.2) is 48.6 Å². The lowest BCUT2D eigenvalue weighted by Crippen LogP contribution is -2.46. The zero-order valence-corrected chi connectivity index (χ0v) is 33.1. The molecular weight excluding hydrogens is 701 g/mol. The number of ether oxygens (including phenoxy) is 3. The van der Waals surface area contributed by atoms with E-state index in [4.69, 9.17) is 18.6 Å². The second-order valence-corrected chi connectivity index (χ2v) is 20.1. The lowest BCUT2D eigenvalue weighted by Gasteiger charge is -2.38. The molecule has 2 fully saturated rings. The molecule has 2 heterocycles. The Bertz CT molecular complexity index is 1790. The predicted octanol–water partition coefficient (Wildman–Crippen LogP) is 7.64. The first-order valence-corrected chi connectivity index (χ1v) is 20.7. The van der Waals surface area contributed by atoms with Crippen molar-refractivity contribution in [3.63, 3.8) is 0 Å². The molecule has 15 heteroatoms. The molecular formula is C38H52N4O10Si. The normalized spacial score (nSPS) is 17.7. The third-order valence-electron chi connectivity index (χ3n) is 10.4. The van der Waals surface area contributed by atoms with Crippen molar-refractivity contribution in [2.24, 2.45) is 0 Å². The van der Waals surface area contributed by atoms with Gasteiger partial charge in [-0.1, -0.05) is 52.0 Å². The summed E-state index contributed by atoms with van der Waals surface area (Å²) >= 11 is 0. The second-order valence-electron chi connectivity index (χ2n) is 15.3. The number of methoxy groups -OCH3 is 1. The maximum absolute atomic E-state index is 13.9. The molecule has 0 aliphatic carbocycles. The van der Waals surface area contributed by atoms with Crippen LogP contribution < -0.4 is 14.2 Å². The van der Waals surface area contributed by atoms with Gasteiger partial charge in [0.25, 0.3) is 23.2 Å². The lowest BCUT2D eigenvalue weighted by molar-refractivity contribution is -0.385. The molecule has 0 aromatic heterocycles. The van der Waals surface area contributed by atoms with Crippen LogP contribution in [0, 0.1) is 27.2 Å². The highest BCUT2D eigenvalue weighted by molar-refractivity contribution is 6.74. The number of nitro benzene ring substituents is 2. The quantitative estimate of drug-likeness (QED) is 0.0581. The number of carbonyl (C=O) groups is 2. The van der Waals surface area contributed by atoms with Gasteiger partial charge < -0.3 is 28.4 Å².